The van der Waals surface area contributed by atoms with Crippen molar-refractivity contribution in [2.75, 3.05) is 60.0 Å². The molecule has 2 N–H and O–H groups in total. The molecule has 0 radical (unpaired) electrons. The van der Waals surface area contributed by atoms with Crippen molar-refractivity contribution in [2.45, 2.75) is 26.3 Å². The van der Waals surface area contributed by atoms with Gasteiger partial charge in [-0.1, -0.05) is 17.7 Å². The van der Waals surface area contributed by atoms with E-state index in [1.54, 1.807) is 7.11 Å². The second-order valence-corrected chi connectivity index (χ2v) is 7.45. The van der Waals surface area contributed by atoms with E-state index in [4.69, 9.17) is 21.3 Å². The quantitative estimate of drug-likeness (QED) is 0.521. The zero-order valence-corrected chi connectivity index (χ0v) is 17.9. The predicted octanol–water partition coefficient (Wildman–Crippen LogP) is 2.08. The number of halogens is 1. The third kappa shape index (κ3) is 7.20. The summed E-state index contributed by atoms with van der Waals surface area (Å²) in [4.78, 5) is 9.67. The van der Waals surface area contributed by atoms with Gasteiger partial charge in [-0.05, 0) is 45.0 Å². The summed E-state index contributed by atoms with van der Waals surface area (Å²) in [7, 11) is 3.83. The molecule has 27 heavy (non-hydrogen) atoms. The molecule has 152 valence electrons. The zero-order chi connectivity index (χ0) is 19.6. The molecule has 1 aromatic rings. The van der Waals surface area contributed by atoms with E-state index >= 15 is 0 Å². The normalized spacial score (nSPS) is 17.6. The highest BCUT2D eigenvalue weighted by molar-refractivity contribution is 6.31. The molecule has 0 aromatic heterocycles. The van der Waals surface area contributed by atoms with Gasteiger partial charge in [0.2, 0.25) is 0 Å². The molecule has 0 amide bonds. The predicted molar refractivity (Wildman–Crippen MR) is 114 cm³/mol. The highest BCUT2D eigenvalue weighted by Crippen LogP contribution is 2.22. The van der Waals surface area contributed by atoms with Crippen LogP contribution in [-0.2, 0) is 6.42 Å². The lowest BCUT2D eigenvalue weighted by Crippen LogP contribution is -2.49. The average molecular weight is 396 g/mol. The Kier molecular flexibility index (Phi) is 9.18. The van der Waals surface area contributed by atoms with Gasteiger partial charge < -0.3 is 20.3 Å². The topological polar surface area (TPSA) is 52.1 Å². The molecule has 0 saturated carbocycles. The number of nitrogens with zero attached hydrogens (tertiary/aromatic N) is 3. The molecule has 1 aliphatic rings. The number of methoxy groups -OCH3 is 1. The zero-order valence-electron chi connectivity index (χ0n) is 17.1. The maximum Gasteiger partial charge on any atom is 0.191 e. The fraction of sp³-hybridized carbons (Fsp3) is 0.650. The van der Waals surface area contributed by atoms with Gasteiger partial charge in [-0.15, -0.1) is 0 Å². The van der Waals surface area contributed by atoms with Gasteiger partial charge in [0, 0.05) is 50.3 Å². The number of nitrogens with one attached hydrogen (secondary N) is 2. The Morgan fingerprint density at radius 2 is 2.00 bits per heavy atom. The third-order valence-electron chi connectivity index (χ3n) is 4.97. The molecule has 0 aliphatic carbocycles. The largest absolute Gasteiger partial charge is 0.497 e. The molecule has 1 atom stereocenters. The van der Waals surface area contributed by atoms with Gasteiger partial charge in [-0.3, -0.25) is 9.89 Å². The lowest BCUT2D eigenvalue weighted by atomic mass is 10.1. The van der Waals surface area contributed by atoms with Crippen molar-refractivity contribution in [2.24, 2.45) is 4.99 Å². The minimum absolute atomic E-state index is 0.449. The summed E-state index contributed by atoms with van der Waals surface area (Å²) in [5, 5.41) is 7.48. The molecule has 1 aromatic carbocycles. The van der Waals surface area contributed by atoms with E-state index in [0.29, 0.717) is 6.04 Å². The summed E-state index contributed by atoms with van der Waals surface area (Å²) in [6.45, 7) is 11.3. The number of hydrogen-bond donors (Lipinski definition) is 2. The maximum atomic E-state index is 6.32. The van der Waals surface area contributed by atoms with Crippen molar-refractivity contribution in [1.82, 2.24) is 20.4 Å². The van der Waals surface area contributed by atoms with Crippen LogP contribution in [0.4, 0.5) is 0 Å². The number of rotatable bonds is 8. The Hall–Kier alpha value is -1.50. The van der Waals surface area contributed by atoms with Gasteiger partial charge in [-0.2, -0.15) is 0 Å². The van der Waals surface area contributed by atoms with E-state index < -0.39 is 0 Å². The van der Waals surface area contributed by atoms with E-state index in [1.807, 2.05) is 18.2 Å². The van der Waals surface area contributed by atoms with Crippen LogP contribution in [0.3, 0.4) is 0 Å². The van der Waals surface area contributed by atoms with Crippen molar-refractivity contribution in [3.05, 3.63) is 28.8 Å². The van der Waals surface area contributed by atoms with Gasteiger partial charge in [0.05, 0.1) is 13.7 Å². The van der Waals surface area contributed by atoms with Crippen LogP contribution in [0.2, 0.25) is 5.02 Å². The average Bonchev–Trinajstić information content (AvgIpc) is 2.67. The first-order valence-electron chi connectivity index (χ1n) is 9.80. The lowest BCUT2D eigenvalue weighted by molar-refractivity contribution is 0.122. The second kappa shape index (κ2) is 11.4. The van der Waals surface area contributed by atoms with E-state index in [2.05, 4.69) is 41.3 Å². The van der Waals surface area contributed by atoms with E-state index in [-0.39, 0.29) is 0 Å². The van der Waals surface area contributed by atoms with Crippen LogP contribution in [0, 0.1) is 0 Å². The van der Waals surface area contributed by atoms with Gasteiger partial charge in [0.25, 0.3) is 0 Å². The summed E-state index contributed by atoms with van der Waals surface area (Å²) >= 11 is 6.32. The Morgan fingerprint density at radius 1 is 1.26 bits per heavy atom. The number of hydrogen-bond acceptors (Lipinski definition) is 4. The second-order valence-electron chi connectivity index (χ2n) is 7.04. The molecular weight excluding hydrogens is 362 g/mol. The fourth-order valence-electron chi connectivity index (χ4n) is 3.12. The van der Waals surface area contributed by atoms with Crippen LogP contribution in [0.25, 0.3) is 0 Å². The summed E-state index contributed by atoms with van der Waals surface area (Å²) in [5.74, 6) is 1.65. The highest BCUT2D eigenvalue weighted by Gasteiger charge is 2.18. The van der Waals surface area contributed by atoms with Crippen molar-refractivity contribution in [3.8, 4) is 5.75 Å². The summed E-state index contributed by atoms with van der Waals surface area (Å²) < 4.78 is 5.20. The number of guanidine groups is 1. The van der Waals surface area contributed by atoms with Crippen molar-refractivity contribution in [3.63, 3.8) is 0 Å². The highest BCUT2D eigenvalue weighted by atomic mass is 35.5. The van der Waals surface area contributed by atoms with Crippen LogP contribution >= 0.6 is 11.6 Å². The van der Waals surface area contributed by atoms with Crippen LogP contribution in [-0.4, -0.2) is 81.8 Å². The van der Waals surface area contributed by atoms with Gasteiger partial charge in [-0.25, -0.2) is 0 Å². The first kappa shape index (κ1) is 21.8. The molecule has 1 heterocycles. The third-order valence-corrected chi connectivity index (χ3v) is 5.32. The lowest BCUT2D eigenvalue weighted by Gasteiger charge is -2.35. The molecule has 7 heteroatoms. The van der Waals surface area contributed by atoms with Crippen molar-refractivity contribution >= 4 is 17.6 Å². The van der Waals surface area contributed by atoms with Crippen molar-refractivity contribution in [1.29, 1.82) is 0 Å². The molecule has 0 bridgehead atoms. The summed E-state index contributed by atoms with van der Waals surface area (Å²) in [5.41, 5.74) is 1.10. The fourth-order valence-corrected chi connectivity index (χ4v) is 3.38. The molecule has 1 aliphatic heterocycles. The smallest absolute Gasteiger partial charge is 0.191 e. The van der Waals surface area contributed by atoms with E-state index in [1.165, 1.54) is 0 Å². The van der Waals surface area contributed by atoms with Gasteiger partial charge >= 0.3 is 0 Å². The standard InChI is InChI=1S/C20H34ClN5O/c1-5-22-20(24-15-16(2)26-12-10-25(3)11-13-26)23-9-8-17-6-7-18(27-4)14-19(17)21/h6-7,14,16H,5,8-13,15H2,1-4H3,(H2,22,23,24). The minimum Gasteiger partial charge on any atom is -0.497 e. The summed E-state index contributed by atoms with van der Waals surface area (Å²) in [6, 6.07) is 6.26. The SMILES string of the molecule is CCNC(=NCC(C)N1CCN(C)CC1)NCCc1ccc(OC)cc1Cl. The van der Waals surface area contributed by atoms with Crippen LogP contribution in [0.15, 0.2) is 23.2 Å². The Labute approximate surface area is 168 Å². The Balaban J connectivity index is 1.82. The van der Waals surface area contributed by atoms with Crippen LogP contribution in [0.1, 0.15) is 19.4 Å². The molecule has 1 unspecified atom stereocenters. The number of likely N-dealkylation sites (N-methyl/N-ethyl adjacent to an activating group) is 1. The molecule has 1 fully saturated rings. The van der Waals surface area contributed by atoms with Crippen LogP contribution < -0.4 is 15.4 Å². The van der Waals surface area contributed by atoms with E-state index in [0.717, 1.165) is 74.5 Å². The molecule has 1 saturated heterocycles. The molecule has 2 rings (SSSR count). The molecular formula is C20H34ClN5O. The van der Waals surface area contributed by atoms with Gasteiger partial charge in [0.15, 0.2) is 5.96 Å². The first-order valence-corrected chi connectivity index (χ1v) is 10.2. The number of benzene rings is 1. The Morgan fingerprint density at radius 3 is 2.63 bits per heavy atom. The summed E-state index contributed by atoms with van der Waals surface area (Å²) in [6.07, 6.45) is 0.835. The molecule has 6 nitrogen and oxygen atoms in total. The minimum atomic E-state index is 0.449. The maximum absolute atomic E-state index is 6.32. The number of aliphatic imine (C=N–C) groups is 1. The van der Waals surface area contributed by atoms with Crippen molar-refractivity contribution < 1.29 is 4.74 Å². The first-order chi connectivity index (χ1) is 13.0. The number of ether oxygens (including phenoxy) is 1. The number of piperazine rings is 1. The van der Waals surface area contributed by atoms with Gasteiger partial charge in [0.1, 0.15) is 5.75 Å². The monoisotopic (exact) mass is 395 g/mol. The van der Waals surface area contributed by atoms with E-state index in [9.17, 15) is 0 Å². The Bertz CT molecular complexity index is 602. The molecule has 0 spiro atoms. The van der Waals surface area contributed by atoms with Crippen LogP contribution in [0.5, 0.6) is 5.75 Å².